The third-order valence-electron chi connectivity index (χ3n) is 4.64. The highest BCUT2D eigenvalue weighted by atomic mass is 16.5. The highest BCUT2D eigenvalue weighted by molar-refractivity contribution is 6.03. The molecule has 2 heterocycles. The Hall–Kier alpha value is -2.89. The number of piperidine rings is 1. The molecule has 3 N–H and O–H groups in total. The van der Waals surface area contributed by atoms with E-state index in [1.807, 2.05) is 17.0 Å². The van der Waals surface area contributed by atoms with Crippen molar-refractivity contribution in [2.45, 2.75) is 19.8 Å². The van der Waals surface area contributed by atoms with Crippen LogP contribution >= 0.6 is 0 Å². The maximum absolute atomic E-state index is 12.6. The lowest BCUT2D eigenvalue weighted by molar-refractivity contribution is 0.0633. The number of rotatable bonds is 5. The molecule has 1 saturated heterocycles. The maximum Gasteiger partial charge on any atom is 0.253 e. The first-order valence-corrected chi connectivity index (χ1v) is 8.82. The van der Waals surface area contributed by atoms with Crippen molar-refractivity contribution in [3.63, 3.8) is 0 Å². The van der Waals surface area contributed by atoms with Gasteiger partial charge >= 0.3 is 0 Å². The minimum atomic E-state index is 0.0390. The predicted molar refractivity (Wildman–Crippen MR) is 102 cm³/mol. The molecule has 0 aliphatic carbocycles. The largest absolute Gasteiger partial charge is 0.492 e. The molecule has 1 amide bonds. The van der Waals surface area contributed by atoms with Crippen molar-refractivity contribution in [3.8, 4) is 5.75 Å². The van der Waals surface area contributed by atoms with Gasteiger partial charge in [-0.25, -0.2) is 0 Å². The van der Waals surface area contributed by atoms with E-state index in [-0.39, 0.29) is 11.8 Å². The van der Waals surface area contributed by atoms with E-state index in [2.05, 4.69) is 4.98 Å². The van der Waals surface area contributed by atoms with Gasteiger partial charge in [-0.05, 0) is 44.0 Å². The zero-order chi connectivity index (χ0) is 18.5. The number of amides is 1. The van der Waals surface area contributed by atoms with Gasteiger partial charge in [0.15, 0.2) is 0 Å². The monoisotopic (exact) mass is 352 g/mol. The second kappa shape index (κ2) is 7.99. The Morgan fingerprint density at radius 3 is 2.85 bits per heavy atom. The van der Waals surface area contributed by atoms with E-state index < -0.39 is 0 Å². The number of benzene rings is 1. The highest BCUT2D eigenvalue weighted by Gasteiger charge is 2.25. The molecule has 6 heteroatoms. The molecule has 2 aromatic rings. The summed E-state index contributed by atoms with van der Waals surface area (Å²) in [6.45, 7) is 3.64. The van der Waals surface area contributed by atoms with Gasteiger partial charge in [0.2, 0.25) is 0 Å². The van der Waals surface area contributed by atoms with Crippen LogP contribution in [0.15, 0.2) is 42.7 Å². The van der Waals surface area contributed by atoms with Gasteiger partial charge in [-0.15, -0.1) is 0 Å². The molecule has 0 saturated carbocycles. The zero-order valence-electron chi connectivity index (χ0n) is 14.9. The first-order valence-electron chi connectivity index (χ1n) is 8.82. The molecule has 136 valence electrons. The smallest absolute Gasteiger partial charge is 0.253 e. The molecule has 1 atom stereocenters. The van der Waals surface area contributed by atoms with Crippen LogP contribution in [0.3, 0.4) is 0 Å². The van der Waals surface area contributed by atoms with Crippen molar-refractivity contribution in [3.05, 3.63) is 53.9 Å². The number of likely N-dealkylation sites (tertiary alicyclic amines) is 1. The quantitative estimate of drug-likeness (QED) is 0.639. The Bertz CT molecular complexity index is 792. The predicted octanol–water partition coefficient (Wildman–Crippen LogP) is 2.98. The highest BCUT2D eigenvalue weighted by Crippen LogP contribution is 2.26. The molecule has 0 bridgehead atoms. The minimum absolute atomic E-state index is 0.0390. The van der Waals surface area contributed by atoms with Gasteiger partial charge in [-0.2, -0.15) is 0 Å². The van der Waals surface area contributed by atoms with Crippen molar-refractivity contribution >= 4 is 17.3 Å². The van der Waals surface area contributed by atoms with Gasteiger partial charge in [0, 0.05) is 48.4 Å². The van der Waals surface area contributed by atoms with Gasteiger partial charge in [-0.1, -0.05) is 6.07 Å². The summed E-state index contributed by atoms with van der Waals surface area (Å²) in [7, 11) is 0. The summed E-state index contributed by atoms with van der Waals surface area (Å²) in [6, 6.07) is 8.93. The van der Waals surface area contributed by atoms with Crippen molar-refractivity contribution in [1.29, 1.82) is 5.41 Å². The normalized spacial score (nSPS) is 17.0. The fourth-order valence-electron chi connectivity index (χ4n) is 3.34. The lowest BCUT2D eigenvalue weighted by Gasteiger charge is -2.33. The molecule has 0 spiro atoms. The van der Waals surface area contributed by atoms with Crippen molar-refractivity contribution in [2.75, 3.05) is 25.4 Å². The number of ether oxygens (including phenoxy) is 1. The van der Waals surface area contributed by atoms with E-state index in [0.29, 0.717) is 41.4 Å². The second-order valence-corrected chi connectivity index (χ2v) is 6.65. The third-order valence-corrected chi connectivity index (χ3v) is 4.64. The molecule has 1 aliphatic heterocycles. The van der Waals surface area contributed by atoms with Gasteiger partial charge in [0.25, 0.3) is 5.91 Å². The topological polar surface area (TPSA) is 92.3 Å². The Balaban J connectivity index is 1.64. The molecule has 1 unspecified atom stereocenters. The van der Waals surface area contributed by atoms with E-state index >= 15 is 0 Å². The Labute approximate surface area is 153 Å². The number of nitrogens with zero attached hydrogens (tertiary/aromatic N) is 2. The van der Waals surface area contributed by atoms with Crippen LogP contribution in [-0.4, -0.2) is 41.2 Å². The molecule has 0 radical (unpaired) electrons. The van der Waals surface area contributed by atoms with Crippen LogP contribution in [0.2, 0.25) is 0 Å². The average Bonchev–Trinajstić information content (AvgIpc) is 2.66. The number of carbonyl (C=O) groups excluding carboxylic acids is 1. The van der Waals surface area contributed by atoms with Gasteiger partial charge in [-0.3, -0.25) is 9.78 Å². The summed E-state index contributed by atoms with van der Waals surface area (Å²) >= 11 is 0. The van der Waals surface area contributed by atoms with Crippen LogP contribution in [0.25, 0.3) is 0 Å². The second-order valence-electron chi connectivity index (χ2n) is 6.65. The summed E-state index contributed by atoms with van der Waals surface area (Å²) in [4.78, 5) is 18.5. The fraction of sp³-hybridized carbons (Fsp3) is 0.350. The number of anilines is 1. The van der Waals surface area contributed by atoms with Crippen LogP contribution in [0, 0.1) is 11.3 Å². The first-order chi connectivity index (χ1) is 12.6. The molecule has 1 aromatic heterocycles. The first kappa shape index (κ1) is 17.9. The lowest BCUT2D eigenvalue weighted by Crippen LogP contribution is -2.41. The van der Waals surface area contributed by atoms with Crippen molar-refractivity contribution in [2.24, 2.45) is 5.92 Å². The van der Waals surface area contributed by atoms with Crippen LogP contribution in [0.4, 0.5) is 5.69 Å². The van der Waals surface area contributed by atoms with Crippen LogP contribution < -0.4 is 10.5 Å². The average molecular weight is 352 g/mol. The molecular weight excluding hydrogens is 328 g/mol. The number of hydrogen-bond acceptors (Lipinski definition) is 5. The molecule has 1 fully saturated rings. The summed E-state index contributed by atoms with van der Waals surface area (Å²) in [5.74, 6) is 0.932. The lowest BCUT2D eigenvalue weighted by atomic mass is 9.98. The van der Waals surface area contributed by atoms with E-state index in [9.17, 15) is 4.79 Å². The summed E-state index contributed by atoms with van der Waals surface area (Å²) in [5.41, 5.74) is 8.23. The van der Waals surface area contributed by atoms with Gasteiger partial charge in [0.1, 0.15) is 5.75 Å². The van der Waals surface area contributed by atoms with E-state index in [0.717, 1.165) is 19.4 Å². The third kappa shape index (κ3) is 4.02. The standard InChI is InChI=1S/C20H24N4O2/c1-14(21)19-17(22)5-2-6-18(19)26-13-15-4-3-11-24(12-15)20(25)16-7-9-23-10-8-16/h2,5-10,15,21H,3-4,11-13,22H2,1H3. The van der Waals surface area contributed by atoms with Gasteiger partial charge < -0.3 is 20.8 Å². The summed E-state index contributed by atoms with van der Waals surface area (Å²) in [6.07, 6.45) is 5.25. The van der Waals surface area contributed by atoms with Crippen LogP contribution in [-0.2, 0) is 0 Å². The Kier molecular flexibility index (Phi) is 5.51. The number of pyridine rings is 1. The van der Waals surface area contributed by atoms with Crippen molar-refractivity contribution in [1.82, 2.24) is 9.88 Å². The van der Waals surface area contributed by atoms with E-state index in [4.69, 9.17) is 15.9 Å². The minimum Gasteiger partial charge on any atom is -0.492 e. The van der Waals surface area contributed by atoms with Crippen molar-refractivity contribution < 1.29 is 9.53 Å². The number of nitrogens with one attached hydrogen (secondary N) is 1. The van der Waals surface area contributed by atoms with E-state index in [1.54, 1.807) is 37.5 Å². The Morgan fingerprint density at radius 2 is 2.12 bits per heavy atom. The Morgan fingerprint density at radius 1 is 1.35 bits per heavy atom. The van der Waals surface area contributed by atoms with Crippen LogP contribution in [0.1, 0.15) is 35.7 Å². The summed E-state index contributed by atoms with van der Waals surface area (Å²) in [5, 5.41) is 7.91. The molecule has 6 nitrogen and oxygen atoms in total. The molecule has 1 aromatic carbocycles. The molecule has 1 aliphatic rings. The van der Waals surface area contributed by atoms with Gasteiger partial charge in [0.05, 0.1) is 12.2 Å². The molecular formula is C20H24N4O2. The molecule has 3 rings (SSSR count). The van der Waals surface area contributed by atoms with Crippen LogP contribution in [0.5, 0.6) is 5.75 Å². The number of hydrogen-bond donors (Lipinski definition) is 2. The fourth-order valence-corrected chi connectivity index (χ4v) is 3.34. The van der Waals surface area contributed by atoms with E-state index in [1.165, 1.54) is 0 Å². The zero-order valence-corrected chi connectivity index (χ0v) is 14.9. The number of nitrogen functional groups attached to an aromatic ring is 1. The number of aromatic nitrogens is 1. The number of nitrogens with two attached hydrogens (primary N) is 1. The SMILES string of the molecule is CC(=N)c1c(N)cccc1OCC1CCCN(C(=O)c2ccncc2)C1. The number of carbonyl (C=O) groups is 1. The summed E-state index contributed by atoms with van der Waals surface area (Å²) < 4.78 is 5.98. The molecule has 26 heavy (non-hydrogen) atoms. The maximum atomic E-state index is 12.6.